The summed E-state index contributed by atoms with van der Waals surface area (Å²) in [4.78, 5) is 26.6. The van der Waals surface area contributed by atoms with E-state index in [2.05, 4.69) is 5.32 Å². The molecular formula is C29H39FN2O3. The van der Waals surface area contributed by atoms with Crippen molar-refractivity contribution in [2.24, 2.45) is 0 Å². The number of unbranched alkanes of at least 4 members (excludes halogenated alkanes) is 5. The predicted molar refractivity (Wildman–Crippen MR) is 139 cm³/mol. The Morgan fingerprint density at radius 2 is 1.66 bits per heavy atom. The van der Waals surface area contributed by atoms with Crippen molar-refractivity contribution in [3.63, 3.8) is 0 Å². The van der Waals surface area contributed by atoms with Crippen LogP contribution in [0, 0.1) is 5.82 Å². The number of carbonyl (C=O) groups is 2. The van der Waals surface area contributed by atoms with Crippen LogP contribution in [0.25, 0.3) is 6.08 Å². The first-order valence-corrected chi connectivity index (χ1v) is 12.5. The fourth-order valence-corrected chi connectivity index (χ4v) is 3.80. The Bertz CT molecular complexity index is 915. The Labute approximate surface area is 209 Å². The number of carbonyl (C=O) groups excluding carboxylic acids is 2. The van der Waals surface area contributed by atoms with Gasteiger partial charge in [0, 0.05) is 18.5 Å². The molecule has 0 bridgehead atoms. The normalized spacial score (nSPS) is 12.1. The lowest BCUT2D eigenvalue weighted by Crippen LogP contribution is -2.43. The second-order valence-corrected chi connectivity index (χ2v) is 9.11. The van der Waals surface area contributed by atoms with Crippen LogP contribution < -0.4 is 5.32 Å². The van der Waals surface area contributed by atoms with E-state index < -0.39 is 0 Å². The van der Waals surface area contributed by atoms with Crippen molar-refractivity contribution in [2.75, 3.05) is 20.6 Å². The van der Waals surface area contributed by atoms with E-state index in [1.165, 1.54) is 6.07 Å². The van der Waals surface area contributed by atoms with E-state index >= 15 is 0 Å². The smallest absolute Gasteiger partial charge is 0.308 e. The van der Waals surface area contributed by atoms with Gasteiger partial charge in [-0.1, -0.05) is 79.9 Å². The quantitative estimate of drug-likeness (QED) is 0.245. The molecule has 0 fully saturated rings. The van der Waals surface area contributed by atoms with Crippen molar-refractivity contribution in [3.8, 4) is 0 Å². The molecule has 1 amide bonds. The molecule has 1 atom stereocenters. The van der Waals surface area contributed by atoms with Gasteiger partial charge in [-0.05, 0) is 45.0 Å². The zero-order valence-corrected chi connectivity index (χ0v) is 21.0. The van der Waals surface area contributed by atoms with Crippen LogP contribution in [0.2, 0.25) is 0 Å². The van der Waals surface area contributed by atoms with Crippen LogP contribution in [-0.4, -0.2) is 43.5 Å². The summed E-state index contributed by atoms with van der Waals surface area (Å²) in [7, 11) is 3.83. The molecule has 0 spiro atoms. The van der Waals surface area contributed by atoms with Gasteiger partial charge in [0.2, 0.25) is 5.91 Å². The predicted octanol–water partition coefficient (Wildman–Crippen LogP) is 5.75. The average Bonchev–Trinajstić information content (AvgIpc) is 2.83. The molecule has 0 radical (unpaired) electrons. The van der Waals surface area contributed by atoms with E-state index in [1.807, 2.05) is 67.5 Å². The summed E-state index contributed by atoms with van der Waals surface area (Å²) >= 11 is 0. The van der Waals surface area contributed by atoms with Crippen molar-refractivity contribution in [1.29, 1.82) is 0 Å². The number of hydrogen-bond acceptors (Lipinski definition) is 4. The lowest BCUT2D eigenvalue weighted by Gasteiger charge is -2.22. The van der Waals surface area contributed by atoms with Crippen molar-refractivity contribution in [1.82, 2.24) is 10.2 Å². The van der Waals surface area contributed by atoms with Gasteiger partial charge in [0.15, 0.2) is 0 Å². The molecule has 1 unspecified atom stereocenters. The van der Waals surface area contributed by atoms with Crippen LogP contribution in [0.3, 0.4) is 0 Å². The van der Waals surface area contributed by atoms with Crippen LogP contribution in [0.5, 0.6) is 0 Å². The molecule has 6 heteroatoms. The summed E-state index contributed by atoms with van der Waals surface area (Å²) in [5, 5.41) is 3.00. The standard InChI is InChI=1S/C29H39FN2O3/c1-32(2)22-26(21-29(34)35-23-24-15-9-8-10-16-24)31-28(33)20-12-7-5-3-4-6-11-17-25-18-13-14-19-27(25)30/h8-11,13-19,26H,3-7,12,20-23H2,1-2H3,(H,31,33). The summed E-state index contributed by atoms with van der Waals surface area (Å²) in [6, 6.07) is 16.0. The zero-order valence-electron chi connectivity index (χ0n) is 21.0. The summed E-state index contributed by atoms with van der Waals surface area (Å²) in [6.45, 7) is 0.813. The summed E-state index contributed by atoms with van der Waals surface area (Å²) < 4.78 is 18.9. The molecule has 2 aromatic rings. The van der Waals surface area contributed by atoms with Crippen LogP contribution in [0.4, 0.5) is 4.39 Å². The van der Waals surface area contributed by atoms with E-state index in [1.54, 1.807) is 12.1 Å². The molecule has 0 saturated heterocycles. The van der Waals surface area contributed by atoms with Gasteiger partial charge in [-0.3, -0.25) is 9.59 Å². The number of amides is 1. The number of ether oxygens (including phenoxy) is 1. The summed E-state index contributed by atoms with van der Waals surface area (Å²) in [5.74, 6) is -0.537. The molecule has 0 aliphatic rings. The monoisotopic (exact) mass is 482 g/mol. The maximum Gasteiger partial charge on any atom is 0.308 e. The SMILES string of the molecule is CN(C)CC(CC(=O)OCc1ccccc1)NC(=O)CCCCCCCC=Cc1ccccc1F. The number of allylic oxidation sites excluding steroid dienone is 1. The lowest BCUT2D eigenvalue weighted by atomic mass is 10.1. The highest BCUT2D eigenvalue weighted by Crippen LogP contribution is 2.12. The molecule has 190 valence electrons. The van der Waals surface area contributed by atoms with Crippen LogP contribution >= 0.6 is 0 Å². The number of esters is 1. The Balaban J connectivity index is 1.58. The third-order valence-corrected chi connectivity index (χ3v) is 5.58. The molecular weight excluding hydrogens is 443 g/mol. The largest absolute Gasteiger partial charge is 0.461 e. The molecule has 0 saturated carbocycles. The fraction of sp³-hybridized carbons (Fsp3) is 0.448. The highest BCUT2D eigenvalue weighted by atomic mass is 19.1. The number of nitrogens with zero attached hydrogens (tertiary/aromatic N) is 1. The van der Waals surface area contributed by atoms with Gasteiger partial charge in [0.05, 0.1) is 12.5 Å². The minimum atomic E-state index is -0.315. The minimum absolute atomic E-state index is 0.0273. The third-order valence-electron chi connectivity index (χ3n) is 5.58. The van der Waals surface area contributed by atoms with Gasteiger partial charge in [0.1, 0.15) is 12.4 Å². The van der Waals surface area contributed by atoms with Gasteiger partial charge < -0.3 is 15.0 Å². The maximum atomic E-state index is 13.6. The van der Waals surface area contributed by atoms with Crippen LogP contribution in [0.15, 0.2) is 60.7 Å². The van der Waals surface area contributed by atoms with Crippen LogP contribution in [0.1, 0.15) is 62.5 Å². The first-order chi connectivity index (χ1) is 16.9. The van der Waals surface area contributed by atoms with Gasteiger partial charge in [-0.2, -0.15) is 0 Å². The first-order valence-electron chi connectivity index (χ1n) is 12.5. The topological polar surface area (TPSA) is 58.6 Å². The van der Waals surface area contributed by atoms with E-state index in [-0.39, 0.29) is 36.8 Å². The number of halogens is 1. The van der Waals surface area contributed by atoms with Gasteiger partial charge in [-0.15, -0.1) is 0 Å². The Hall–Kier alpha value is -2.99. The second kappa shape index (κ2) is 16.6. The third kappa shape index (κ3) is 12.9. The molecule has 35 heavy (non-hydrogen) atoms. The zero-order chi connectivity index (χ0) is 25.3. The van der Waals surface area contributed by atoms with Crippen molar-refractivity contribution < 1.29 is 18.7 Å². The highest BCUT2D eigenvalue weighted by molar-refractivity contribution is 5.77. The van der Waals surface area contributed by atoms with Gasteiger partial charge in [0.25, 0.3) is 0 Å². The fourth-order valence-electron chi connectivity index (χ4n) is 3.80. The summed E-state index contributed by atoms with van der Waals surface area (Å²) in [5.41, 5.74) is 1.56. The average molecular weight is 483 g/mol. The number of likely N-dealkylation sites (N-methyl/N-ethyl adjacent to an activating group) is 1. The molecule has 1 N–H and O–H groups in total. The first kappa shape index (κ1) is 28.2. The van der Waals surface area contributed by atoms with Gasteiger partial charge in [-0.25, -0.2) is 4.39 Å². The number of nitrogens with one attached hydrogen (secondary N) is 1. The number of hydrogen-bond donors (Lipinski definition) is 1. The Morgan fingerprint density at radius 1 is 0.971 bits per heavy atom. The lowest BCUT2D eigenvalue weighted by molar-refractivity contribution is -0.145. The Kier molecular flexibility index (Phi) is 13.4. The van der Waals surface area contributed by atoms with E-state index in [4.69, 9.17) is 4.74 Å². The van der Waals surface area contributed by atoms with Gasteiger partial charge >= 0.3 is 5.97 Å². The number of rotatable bonds is 16. The number of benzene rings is 2. The molecule has 0 aromatic heterocycles. The molecule has 0 heterocycles. The molecule has 2 aromatic carbocycles. The van der Waals surface area contributed by atoms with E-state index in [9.17, 15) is 14.0 Å². The van der Waals surface area contributed by atoms with Crippen LogP contribution in [-0.2, 0) is 20.9 Å². The van der Waals surface area contributed by atoms with Crippen molar-refractivity contribution in [2.45, 2.75) is 64.0 Å². The summed E-state index contributed by atoms with van der Waals surface area (Å²) in [6.07, 6.45) is 10.4. The minimum Gasteiger partial charge on any atom is -0.461 e. The molecule has 5 nitrogen and oxygen atoms in total. The molecule has 0 aliphatic heterocycles. The van der Waals surface area contributed by atoms with E-state index in [0.717, 1.165) is 44.1 Å². The second-order valence-electron chi connectivity index (χ2n) is 9.11. The molecule has 2 rings (SSSR count). The highest BCUT2D eigenvalue weighted by Gasteiger charge is 2.18. The van der Waals surface area contributed by atoms with E-state index in [0.29, 0.717) is 18.5 Å². The van der Waals surface area contributed by atoms with Crippen molar-refractivity contribution in [3.05, 3.63) is 77.6 Å². The van der Waals surface area contributed by atoms with Crippen molar-refractivity contribution >= 4 is 18.0 Å². The maximum absolute atomic E-state index is 13.6. The Morgan fingerprint density at radius 3 is 2.40 bits per heavy atom. The molecule has 0 aliphatic carbocycles.